The number of carbonyl (C=O) groups excluding carboxylic acids is 1. The van der Waals surface area contributed by atoms with Crippen LogP contribution in [0.25, 0.3) is 10.9 Å². The summed E-state index contributed by atoms with van der Waals surface area (Å²) in [7, 11) is 0. The van der Waals surface area contributed by atoms with E-state index < -0.39 is 18.1 Å². The number of esters is 1. The molecular formula is C25H18FNO4. The second-order valence-corrected chi connectivity index (χ2v) is 7.19. The van der Waals surface area contributed by atoms with Crippen LogP contribution >= 0.6 is 0 Å². The van der Waals surface area contributed by atoms with Gasteiger partial charge in [-0.2, -0.15) is 0 Å². The Morgan fingerprint density at radius 3 is 2.71 bits per heavy atom. The van der Waals surface area contributed by atoms with Crippen molar-refractivity contribution in [3.8, 4) is 5.75 Å². The fourth-order valence-electron chi connectivity index (χ4n) is 3.56. The van der Waals surface area contributed by atoms with Crippen LogP contribution < -0.4 is 4.74 Å². The van der Waals surface area contributed by atoms with Crippen molar-refractivity contribution in [1.29, 1.82) is 0 Å². The van der Waals surface area contributed by atoms with E-state index in [0.717, 1.165) is 10.9 Å². The first-order valence-electron chi connectivity index (χ1n) is 9.85. The van der Waals surface area contributed by atoms with E-state index >= 15 is 0 Å². The van der Waals surface area contributed by atoms with Crippen molar-refractivity contribution in [2.24, 2.45) is 0 Å². The lowest BCUT2D eigenvalue weighted by Crippen LogP contribution is -2.20. The van der Waals surface area contributed by atoms with Crippen LogP contribution in [0.5, 0.6) is 5.75 Å². The monoisotopic (exact) mass is 415 g/mol. The molecule has 0 aliphatic carbocycles. The number of hydrogen-bond acceptors (Lipinski definition) is 5. The number of aromatic nitrogens is 1. The topological polar surface area (TPSA) is 57.7 Å². The number of carbonyl (C=O) groups is 1. The summed E-state index contributed by atoms with van der Waals surface area (Å²) in [5.74, 6) is -0.560. The van der Waals surface area contributed by atoms with Crippen molar-refractivity contribution in [2.45, 2.75) is 19.5 Å². The van der Waals surface area contributed by atoms with Crippen LogP contribution in [0.2, 0.25) is 0 Å². The number of ether oxygens (including phenoxy) is 3. The SMILES string of the molecule is O=C(OCc1cc(F)cc2c1O[C@@H](c1ccccc1)OC2)c1ccc2ccccc2n1. The number of nitrogens with zero attached hydrogens (tertiary/aromatic N) is 1. The molecule has 3 aromatic carbocycles. The zero-order valence-electron chi connectivity index (χ0n) is 16.5. The Kier molecular flexibility index (Phi) is 5.06. The first-order valence-corrected chi connectivity index (χ1v) is 9.85. The molecular weight excluding hydrogens is 397 g/mol. The molecule has 5 nitrogen and oxygen atoms in total. The maximum Gasteiger partial charge on any atom is 0.357 e. The summed E-state index contributed by atoms with van der Waals surface area (Å²) in [6.45, 7) is 0.0504. The van der Waals surface area contributed by atoms with Gasteiger partial charge in [0.2, 0.25) is 6.29 Å². The van der Waals surface area contributed by atoms with E-state index in [2.05, 4.69) is 4.98 Å². The third kappa shape index (κ3) is 3.98. The van der Waals surface area contributed by atoms with E-state index in [0.29, 0.717) is 22.4 Å². The molecule has 0 radical (unpaired) electrons. The van der Waals surface area contributed by atoms with E-state index in [4.69, 9.17) is 14.2 Å². The van der Waals surface area contributed by atoms with Crippen LogP contribution in [0.15, 0.2) is 78.9 Å². The highest BCUT2D eigenvalue weighted by atomic mass is 19.1. The summed E-state index contributed by atoms with van der Waals surface area (Å²) >= 11 is 0. The lowest BCUT2D eigenvalue weighted by atomic mass is 10.1. The van der Waals surface area contributed by atoms with Crippen LogP contribution in [0.4, 0.5) is 4.39 Å². The Morgan fingerprint density at radius 2 is 1.84 bits per heavy atom. The highest BCUT2D eigenvalue weighted by Crippen LogP contribution is 2.36. The van der Waals surface area contributed by atoms with E-state index in [-0.39, 0.29) is 18.9 Å². The minimum atomic E-state index is -0.615. The molecule has 0 spiro atoms. The number of rotatable bonds is 4. The van der Waals surface area contributed by atoms with Crippen LogP contribution in [-0.4, -0.2) is 11.0 Å². The quantitative estimate of drug-likeness (QED) is 0.421. The smallest absolute Gasteiger partial charge is 0.357 e. The van der Waals surface area contributed by atoms with Gasteiger partial charge in [0, 0.05) is 22.1 Å². The van der Waals surface area contributed by atoms with Gasteiger partial charge in [-0.05, 0) is 24.3 Å². The normalized spacial score (nSPS) is 15.2. The molecule has 0 amide bonds. The van der Waals surface area contributed by atoms with Crippen molar-refractivity contribution in [3.05, 3.63) is 107 Å². The first kappa shape index (κ1) is 19.2. The van der Waals surface area contributed by atoms with Gasteiger partial charge < -0.3 is 14.2 Å². The molecule has 6 heteroatoms. The number of para-hydroxylation sites is 1. The molecule has 1 aliphatic heterocycles. The highest BCUT2D eigenvalue weighted by molar-refractivity contribution is 5.91. The maximum atomic E-state index is 14.1. The van der Waals surface area contributed by atoms with Gasteiger partial charge in [0.15, 0.2) is 0 Å². The second-order valence-electron chi connectivity index (χ2n) is 7.19. The molecule has 0 saturated heterocycles. The van der Waals surface area contributed by atoms with Crippen molar-refractivity contribution < 1.29 is 23.4 Å². The second kappa shape index (κ2) is 8.16. The summed E-state index contributed by atoms with van der Waals surface area (Å²) in [5.41, 5.74) is 2.75. The molecule has 0 N–H and O–H groups in total. The van der Waals surface area contributed by atoms with Gasteiger partial charge in [0.1, 0.15) is 23.9 Å². The molecule has 31 heavy (non-hydrogen) atoms. The van der Waals surface area contributed by atoms with Crippen LogP contribution in [0.1, 0.15) is 33.5 Å². The largest absolute Gasteiger partial charge is 0.460 e. The molecule has 1 aliphatic rings. The summed E-state index contributed by atoms with van der Waals surface area (Å²) in [5, 5.41) is 0.929. The number of fused-ring (bicyclic) bond motifs is 2. The van der Waals surface area contributed by atoms with Crippen LogP contribution in [0.3, 0.4) is 0 Å². The summed E-state index contributed by atoms with van der Waals surface area (Å²) < 4.78 is 31.3. The Labute approximate surface area is 178 Å². The Morgan fingerprint density at radius 1 is 1.03 bits per heavy atom. The average Bonchev–Trinajstić information content (AvgIpc) is 2.82. The summed E-state index contributed by atoms with van der Waals surface area (Å²) in [6, 6.07) is 23.1. The van der Waals surface area contributed by atoms with Gasteiger partial charge in [-0.3, -0.25) is 0 Å². The molecule has 4 aromatic rings. The molecule has 0 bridgehead atoms. The van der Waals surface area contributed by atoms with Crippen molar-refractivity contribution in [1.82, 2.24) is 4.98 Å². The number of hydrogen-bond donors (Lipinski definition) is 0. The minimum Gasteiger partial charge on any atom is -0.460 e. The summed E-state index contributed by atoms with van der Waals surface area (Å²) in [4.78, 5) is 16.9. The third-order valence-electron chi connectivity index (χ3n) is 5.06. The molecule has 1 atom stereocenters. The Hall–Kier alpha value is -3.77. The van der Waals surface area contributed by atoms with Gasteiger partial charge in [0.05, 0.1) is 12.1 Å². The van der Waals surface area contributed by atoms with E-state index in [1.165, 1.54) is 12.1 Å². The molecule has 154 valence electrons. The van der Waals surface area contributed by atoms with Gasteiger partial charge >= 0.3 is 5.97 Å². The van der Waals surface area contributed by atoms with Gasteiger partial charge in [-0.1, -0.05) is 54.6 Å². The van der Waals surface area contributed by atoms with Crippen molar-refractivity contribution in [3.63, 3.8) is 0 Å². The minimum absolute atomic E-state index is 0.144. The van der Waals surface area contributed by atoms with E-state index in [9.17, 15) is 9.18 Å². The number of benzene rings is 3. The van der Waals surface area contributed by atoms with Crippen molar-refractivity contribution in [2.75, 3.05) is 0 Å². The Bertz CT molecular complexity index is 1260. The van der Waals surface area contributed by atoms with Gasteiger partial charge in [-0.25, -0.2) is 14.2 Å². The average molecular weight is 415 g/mol. The fourth-order valence-corrected chi connectivity index (χ4v) is 3.56. The number of pyridine rings is 1. The summed E-state index contributed by atoms with van der Waals surface area (Å²) in [6.07, 6.45) is -0.615. The lowest BCUT2D eigenvalue weighted by molar-refractivity contribution is -0.112. The standard InChI is InChI=1S/C25H18FNO4/c26-20-12-18(14-29-24(28)22-11-10-16-6-4-5-9-21(16)27-22)23-19(13-20)15-30-25(31-23)17-7-2-1-3-8-17/h1-13,25H,14-15H2/t25-/m0/s1. The van der Waals surface area contributed by atoms with Gasteiger partial charge in [0.25, 0.3) is 0 Å². The van der Waals surface area contributed by atoms with Crippen LogP contribution in [-0.2, 0) is 22.7 Å². The number of halogens is 1. The van der Waals surface area contributed by atoms with Crippen molar-refractivity contribution >= 4 is 16.9 Å². The van der Waals surface area contributed by atoms with Crippen LogP contribution in [0, 0.1) is 5.82 Å². The Balaban J connectivity index is 1.37. The third-order valence-corrected chi connectivity index (χ3v) is 5.06. The fraction of sp³-hybridized carbons (Fsp3) is 0.120. The molecule has 0 unspecified atom stereocenters. The van der Waals surface area contributed by atoms with Gasteiger partial charge in [-0.15, -0.1) is 0 Å². The lowest BCUT2D eigenvalue weighted by Gasteiger charge is -2.28. The zero-order valence-corrected chi connectivity index (χ0v) is 16.5. The predicted octanol–water partition coefficient (Wildman–Crippen LogP) is 5.34. The molecule has 0 saturated carbocycles. The van der Waals surface area contributed by atoms with E-state index in [1.807, 2.05) is 60.7 Å². The molecule has 0 fully saturated rings. The molecule has 2 heterocycles. The first-order chi connectivity index (χ1) is 15.2. The van der Waals surface area contributed by atoms with E-state index in [1.54, 1.807) is 6.07 Å². The molecule has 5 rings (SSSR count). The highest BCUT2D eigenvalue weighted by Gasteiger charge is 2.25. The predicted molar refractivity (Wildman–Crippen MR) is 112 cm³/mol. The maximum absolute atomic E-state index is 14.1. The molecule has 1 aromatic heterocycles. The zero-order chi connectivity index (χ0) is 21.2.